The molecule has 0 bridgehead atoms. The van der Waals surface area contributed by atoms with Gasteiger partial charge in [-0.2, -0.15) is 0 Å². The van der Waals surface area contributed by atoms with Crippen LogP contribution in [0.3, 0.4) is 0 Å². The van der Waals surface area contributed by atoms with Gasteiger partial charge in [-0.1, -0.05) is 25.0 Å². The van der Waals surface area contributed by atoms with Gasteiger partial charge in [0.25, 0.3) is 0 Å². The fraction of sp³-hybridized carbons (Fsp3) is 0.444. The van der Waals surface area contributed by atoms with Crippen LogP contribution in [-0.4, -0.2) is 30.1 Å². The van der Waals surface area contributed by atoms with Crippen molar-refractivity contribution >= 4 is 0 Å². The fourth-order valence-corrected chi connectivity index (χ4v) is 3.25. The smallest absolute Gasteiger partial charge is 0.0314 e. The van der Waals surface area contributed by atoms with Crippen LogP contribution in [0.1, 0.15) is 25.7 Å². The lowest BCUT2D eigenvalue weighted by molar-refractivity contribution is 0.162. The molecule has 3 aliphatic carbocycles. The molecule has 2 nitrogen and oxygen atoms in total. The van der Waals surface area contributed by atoms with Crippen molar-refractivity contribution in [3.05, 3.63) is 59.1 Å². The summed E-state index contributed by atoms with van der Waals surface area (Å²) in [6, 6.07) is 0.782. The summed E-state index contributed by atoms with van der Waals surface area (Å²) >= 11 is 0. The van der Waals surface area contributed by atoms with E-state index in [9.17, 15) is 0 Å². The molecule has 1 saturated carbocycles. The minimum atomic E-state index is 0.300. The molecular weight excluding hydrogens is 244 g/mol. The van der Waals surface area contributed by atoms with Gasteiger partial charge < -0.3 is 5.73 Å². The minimum absolute atomic E-state index is 0.300. The van der Waals surface area contributed by atoms with Crippen molar-refractivity contribution in [3.63, 3.8) is 0 Å². The zero-order valence-electron chi connectivity index (χ0n) is 11.9. The molecule has 0 aromatic heterocycles. The highest BCUT2D eigenvalue weighted by atomic mass is 15.2. The van der Waals surface area contributed by atoms with E-state index in [1.54, 1.807) is 0 Å². The molecule has 2 atom stereocenters. The molecular formula is C18H22N2. The first-order valence-electron chi connectivity index (χ1n) is 7.57. The average molecular weight is 266 g/mol. The van der Waals surface area contributed by atoms with Crippen LogP contribution in [0.4, 0.5) is 0 Å². The summed E-state index contributed by atoms with van der Waals surface area (Å²) in [5.74, 6) is 0. The standard InChI is InChI=1S/C18H22N2/c19-17-11-5-6-12-18(17)20(13-15-7-1-2-8-15)14-16-9-3-4-10-16/h1-4,7,9,17-18H,5-6,11-14,19H2/t17-,18-/m0/s1. The highest BCUT2D eigenvalue weighted by Crippen LogP contribution is 2.24. The first-order valence-corrected chi connectivity index (χ1v) is 7.57. The number of hydrogen-bond donors (Lipinski definition) is 1. The number of nitrogens with two attached hydrogens (primary N) is 1. The van der Waals surface area contributed by atoms with Crippen molar-refractivity contribution in [2.24, 2.45) is 5.73 Å². The van der Waals surface area contributed by atoms with Crippen LogP contribution in [0.2, 0.25) is 0 Å². The van der Waals surface area contributed by atoms with Gasteiger partial charge in [-0.15, -0.1) is 11.5 Å². The second-order valence-electron chi connectivity index (χ2n) is 5.81. The molecule has 2 heteroatoms. The predicted octanol–water partition coefficient (Wildman–Crippen LogP) is 2.86. The Balaban J connectivity index is 1.74. The molecule has 1 fully saturated rings. The summed E-state index contributed by atoms with van der Waals surface area (Å²) in [4.78, 5) is 2.52. The molecule has 0 aromatic carbocycles. The van der Waals surface area contributed by atoms with Crippen LogP contribution >= 0.6 is 0 Å². The first kappa shape index (κ1) is 13.4. The molecule has 104 valence electrons. The maximum atomic E-state index is 6.38. The molecule has 3 aliphatic rings. The van der Waals surface area contributed by atoms with Crippen LogP contribution in [0, 0.1) is 0 Å². The Morgan fingerprint density at radius 1 is 1.00 bits per heavy atom. The SMILES string of the molecule is N[C@H]1CCCC[C@@H]1N(CC1=C=CC=C1)CC1=C=CC=C1. The third-order valence-corrected chi connectivity index (χ3v) is 4.32. The molecule has 0 spiro atoms. The van der Waals surface area contributed by atoms with Gasteiger partial charge in [0.15, 0.2) is 0 Å². The third-order valence-electron chi connectivity index (χ3n) is 4.32. The topological polar surface area (TPSA) is 29.3 Å². The van der Waals surface area contributed by atoms with Gasteiger partial charge in [0.05, 0.1) is 0 Å². The van der Waals surface area contributed by atoms with Gasteiger partial charge in [0, 0.05) is 36.3 Å². The minimum Gasteiger partial charge on any atom is -0.326 e. The fourth-order valence-electron chi connectivity index (χ4n) is 3.25. The van der Waals surface area contributed by atoms with Gasteiger partial charge in [-0.3, -0.25) is 4.90 Å². The van der Waals surface area contributed by atoms with Gasteiger partial charge in [-0.25, -0.2) is 0 Å². The largest absolute Gasteiger partial charge is 0.326 e. The Morgan fingerprint density at radius 3 is 2.10 bits per heavy atom. The zero-order valence-corrected chi connectivity index (χ0v) is 11.9. The van der Waals surface area contributed by atoms with E-state index in [-0.39, 0.29) is 0 Å². The van der Waals surface area contributed by atoms with Crippen LogP contribution < -0.4 is 5.73 Å². The second kappa shape index (κ2) is 6.26. The van der Waals surface area contributed by atoms with Crippen LogP contribution in [0.15, 0.2) is 59.1 Å². The van der Waals surface area contributed by atoms with E-state index >= 15 is 0 Å². The Kier molecular flexibility index (Phi) is 4.20. The number of allylic oxidation sites excluding steroid dienone is 2. The molecule has 2 N–H and O–H groups in total. The van der Waals surface area contributed by atoms with Crippen molar-refractivity contribution in [2.45, 2.75) is 37.8 Å². The summed E-state index contributed by atoms with van der Waals surface area (Å²) in [7, 11) is 0. The van der Waals surface area contributed by atoms with E-state index in [1.165, 1.54) is 30.4 Å². The maximum Gasteiger partial charge on any atom is 0.0314 e. The van der Waals surface area contributed by atoms with E-state index in [0.717, 1.165) is 19.5 Å². The summed E-state index contributed by atoms with van der Waals surface area (Å²) in [6.45, 7) is 1.87. The molecule has 0 saturated heterocycles. The van der Waals surface area contributed by atoms with Gasteiger partial charge in [0.2, 0.25) is 0 Å². The molecule has 0 aliphatic heterocycles. The molecule has 20 heavy (non-hydrogen) atoms. The van der Waals surface area contributed by atoms with Crippen LogP contribution in [-0.2, 0) is 0 Å². The molecule has 3 rings (SSSR count). The summed E-state index contributed by atoms with van der Waals surface area (Å²) < 4.78 is 0. The van der Waals surface area contributed by atoms with Crippen molar-refractivity contribution in [1.29, 1.82) is 0 Å². The second-order valence-corrected chi connectivity index (χ2v) is 5.81. The maximum absolute atomic E-state index is 6.38. The summed E-state index contributed by atoms with van der Waals surface area (Å²) in [5.41, 5.74) is 15.5. The normalized spacial score (nSPS) is 27.5. The lowest BCUT2D eigenvalue weighted by Gasteiger charge is -2.38. The van der Waals surface area contributed by atoms with E-state index in [4.69, 9.17) is 5.73 Å². The summed E-state index contributed by atoms with van der Waals surface area (Å²) in [5, 5.41) is 0. The van der Waals surface area contributed by atoms with E-state index in [0.29, 0.717) is 12.1 Å². The van der Waals surface area contributed by atoms with E-state index in [1.807, 2.05) is 12.2 Å². The number of nitrogens with zero attached hydrogens (tertiary/aromatic N) is 1. The third kappa shape index (κ3) is 3.12. The highest BCUT2D eigenvalue weighted by Gasteiger charge is 2.28. The van der Waals surface area contributed by atoms with Crippen molar-refractivity contribution < 1.29 is 0 Å². The van der Waals surface area contributed by atoms with Gasteiger partial charge in [0.1, 0.15) is 0 Å². The van der Waals surface area contributed by atoms with Crippen molar-refractivity contribution in [2.75, 3.05) is 13.1 Å². The highest BCUT2D eigenvalue weighted by molar-refractivity contribution is 5.33. The van der Waals surface area contributed by atoms with Gasteiger partial charge >= 0.3 is 0 Å². The monoisotopic (exact) mass is 266 g/mol. The molecule has 0 radical (unpaired) electrons. The van der Waals surface area contributed by atoms with Crippen LogP contribution in [0.25, 0.3) is 0 Å². The first-order chi connectivity index (χ1) is 9.83. The lowest BCUT2D eigenvalue weighted by Crippen LogP contribution is -2.50. The van der Waals surface area contributed by atoms with Gasteiger partial charge in [-0.05, 0) is 37.1 Å². The zero-order chi connectivity index (χ0) is 13.8. The van der Waals surface area contributed by atoms with Crippen LogP contribution in [0.5, 0.6) is 0 Å². The lowest BCUT2D eigenvalue weighted by atomic mass is 9.89. The Bertz CT molecular complexity index is 512. The summed E-state index contributed by atoms with van der Waals surface area (Å²) in [6.07, 6.45) is 17.3. The number of rotatable bonds is 5. The predicted molar refractivity (Wildman–Crippen MR) is 83.3 cm³/mol. The number of hydrogen-bond acceptors (Lipinski definition) is 2. The quantitative estimate of drug-likeness (QED) is 0.775. The Hall–Kier alpha value is -1.56. The Morgan fingerprint density at radius 2 is 1.60 bits per heavy atom. The van der Waals surface area contributed by atoms with E-state index in [2.05, 4.69) is 40.7 Å². The molecule has 0 amide bonds. The van der Waals surface area contributed by atoms with Crippen molar-refractivity contribution in [1.82, 2.24) is 4.90 Å². The average Bonchev–Trinajstić information content (AvgIpc) is 3.12. The molecule has 0 unspecified atom stereocenters. The Labute approximate surface area is 121 Å². The van der Waals surface area contributed by atoms with E-state index < -0.39 is 0 Å². The molecule has 0 heterocycles. The van der Waals surface area contributed by atoms with Crippen molar-refractivity contribution in [3.8, 4) is 0 Å². The molecule has 0 aromatic rings.